The number of hydrogen-bond donors (Lipinski definition) is 2. The molecule has 0 saturated carbocycles. The van der Waals surface area contributed by atoms with Crippen LogP contribution in [0.1, 0.15) is 47.9 Å². The lowest BCUT2D eigenvalue weighted by molar-refractivity contribution is -0.134. The number of carbonyl (C=O) groups is 2. The van der Waals surface area contributed by atoms with Crippen molar-refractivity contribution in [2.75, 3.05) is 0 Å². The molecule has 0 spiro atoms. The Morgan fingerprint density at radius 3 is 2.80 bits per heavy atom. The highest BCUT2D eigenvalue weighted by molar-refractivity contribution is 5.87. The number of ether oxygens (including phenoxy) is 1. The fourth-order valence-electron chi connectivity index (χ4n) is 2.75. The van der Waals surface area contributed by atoms with Crippen LogP contribution in [0.15, 0.2) is 22.7 Å². The molecule has 0 aliphatic heterocycles. The molecule has 1 aromatic carbocycles. The Morgan fingerprint density at radius 2 is 2.08 bits per heavy atom. The lowest BCUT2D eigenvalue weighted by Crippen LogP contribution is -2.46. The standard InChI is InChI=1S/C17H20N4O4/c1-17(2,24-12-7-6-10-4-3-5-11(10)8-12)16(23)19-9-13-20-15(14(18)22)25-21-13/h6-8H,3-5,9H2,1-2H3,(H2,18,22)(H,19,23). The number of rotatable bonds is 6. The van der Waals surface area contributed by atoms with Crippen LogP contribution >= 0.6 is 0 Å². The molecule has 0 radical (unpaired) electrons. The highest BCUT2D eigenvalue weighted by Crippen LogP contribution is 2.28. The minimum atomic E-state index is -1.08. The molecule has 8 nitrogen and oxygen atoms in total. The number of amides is 2. The van der Waals surface area contributed by atoms with Crippen LogP contribution in [0.25, 0.3) is 0 Å². The summed E-state index contributed by atoms with van der Waals surface area (Å²) in [6.45, 7) is 3.37. The summed E-state index contributed by atoms with van der Waals surface area (Å²) in [5.41, 5.74) is 6.58. The fraction of sp³-hybridized carbons (Fsp3) is 0.412. The Balaban J connectivity index is 1.60. The second-order valence-corrected chi connectivity index (χ2v) is 6.46. The van der Waals surface area contributed by atoms with Crippen LogP contribution in [-0.4, -0.2) is 27.6 Å². The van der Waals surface area contributed by atoms with Gasteiger partial charge in [-0.2, -0.15) is 4.98 Å². The number of nitrogens with zero attached hydrogens (tertiary/aromatic N) is 2. The van der Waals surface area contributed by atoms with Gasteiger partial charge in [0.1, 0.15) is 5.75 Å². The summed E-state index contributed by atoms with van der Waals surface area (Å²) >= 11 is 0. The van der Waals surface area contributed by atoms with E-state index in [1.54, 1.807) is 13.8 Å². The Bertz CT molecular complexity index is 813. The number of primary amides is 1. The average molecular weight is 344 g/mol. The molecule has 8 heteroatoms. The van der Waals surface area contributed by atoms with E-state index in [1.807, 2.05) is 12.1 Å². The van der Waals surface area contributed by atoms with Gasteiger partial charge in [0.2, 0.25) is 0 Å². The highest BCUT2D eigenvalue weighted by atomic mass is 16.5. The summed E-state index contributed by atoms with van der Waals surface area (Å²) in [5, 5.41) is 6.24. The van der Waals surface area contributed by atoms with Crippen molar-refractivity contribution < 1.29 is 18.8 Å². The summed E-state index contributed by atoms with van der Waals surface area (Å²) in [6, 6.07) is 5.93. The van der Waals surface area contributed by atoms with Gasteiger partial charge in [-0.3, -0.25) is 9.59 Å². The quantitative estimate of drug-likeness (QED) is 0.810. The van der Waals surface area contributed by atoms with E-state index in [9.17, 15) is 9.59 Å². The Hall–Kier alpha value is -2.90. The van der Waals surface area contributed by atoms with Gasteiger partial charge < -0.3 is 20.3 Å². The number of hydrogen-bond acceptors (Lipinski definition) is 6. The molecule has 0 unspecified atom stereocenters. The number of carbonyl (C=O) groups excluding carboxylic acids is 2. The maximum Gasteiger partial charge on any atom is 0.315 e. The van der Waals surface area contributed by atoms with Crippen LogP contribution in [0.3, 0.4) is 0 Å². The van der Waals surface area contributed by atoms with E-state index < -0.39 is 11.5 Å². The monoisotopic (exact) mass is 344 g/mol. The molecule has 25 heavy (non-hydrogen) atoms. The normalized spacial score (nSPS) is 13.4. The smallest absolute Gasteiger partial charge is 0.315 e. The van der Waals surface area contributed by atoms with Crippen LogP contribution in [0.5, 0.6) is 5.75 Å². The van der Waals surface area contributed by atoms with Crippen molar-refractivity contribution in [2.24, 2.45) is 5.73 Å². The molecule has 0 fully saturated rings. The second kappa shape index (κ2) is 6.54. The lowest BCUT2D eigenvalue weighted by Gasteiger charge is -2.25. The average Bonchev–Trinajstić information content (AvgIpc) is 3.20. The van der Waals surface area contributed by atoms with Crippen molar-refractivity contribution >= 4 is 11.8 Å². The van der Waals surface area contributed by atoms with Crippen molar-refractivity contribution in [3.63, 3.8) is 0 Å². The minimum Gasteiger partial charge on any atom is -0.478 e. The van der Waals surface area contributed by atoms with E-state index in [0.29, 0.717) is 5.75 Å². The zero-order valence-electron chi connectivity index (χ0n) is 14.2. The van der Waals surface area contributed by atoms with Gasteiger partial charge in [-0.1, -0.05) is 11.2 Å². The maximum absolute atomic E-state index is 12.4. The summed E-state index contributed by atoms with van der Waals surface area (Å²) < 4.78 is 10.5. The third-order valence-electron chi connectivity index (χ3n) is 4.08. The van der Waals surface area contributed by atoms with Crippen LogP contribution in [-0.2, 0) is 24.2 Å². The molecule has 1 aliphatic rings. The minimum absolute atomic E-state index is 0.00654. The van der Waals surface area contributed by atoms with Gasteiger partial charge in [0.25, 0.3) is 5.91 Å². The molecule has 0 atom stereocenters. The molecular formula is C17H20N4O4. The van der Waals surface area contributed by atoms with Crippen LogP contribution in [0, 0.1) is 0 Å². The second-order valence-electron chi connectivity index (χ2n) is 6.46. The van der Waals surface area contributed by atoms with E-state index in [4.69, 9.17) is 10.5 Å². The van der Waals surface area contributed by atoms with Crippen LogP contribution in [0.2, 0.25) is 0 Å². The number of benzene rings is 1. The first-order chi connectivity index (χ1) is 11.8. The number of nitrogens with one attached hydrogen (secondary N) is 1. The molecule has 1 heterocycles. The molecular weight excluding hydrogens is 324 g/mol. The molecule has 0 bridgehead atoms. The fourth-order valence-corrected chi connectivity index (χ4v) is 2.75. The van der Waals surface area contributed by atoms with Gasteiger partial charge in [-0.05, 0) is 56.4 Å². The van der Waals surface area contributed by atoms with E-state index in [-0.39, 0.29) is 24.2 Å². The van der Waals surface area contributed by atoms with Crippen molar-refractivity contribution in [3.8, 4) is 5.75 Å². The van der Waals surface area contributed by atoms with E-state index >= 15 is 0 Å². The molecule has 1 aliphatic carbocycles. The van der Waals surface area contributed by atoms with Crippen LogP contribution in [0.4, 0.5) is 0 Å². The van der Waals surface area contributed by atoms with Gasteiger partial charge >= 0.3 is 11.8 Å². The third-order valence-corrected chi connectivity index (χ3v) is 4.08. The summed E-state index contributed by atoms with van der Waals surface area (Å²) in [4.78, 5) is 27.1. The van der Waals surface area contributed by atoms with Gasteiger partial charge in [-0.25, -0.2) is 0 Å². The first-order valence-electron chi connectivity index (χ1n) is 8.06. The number of aromatic nitrogens is 2. The van der Waals surface area contributed by atoms with Gasteiger partial charge in [0.05, 0.1) is 6.54 Å². The van der Waals surface area contributed by atoms with Crippen molar-refractivity contribution in [3.05, 3.63) is 41.0 Å². The molecule has 3 N–H and O–H groups in total. The third kappa shape index (κ3) is 3.78. The SMILES string of the molecule is CC(C)(Oc1ccc2c(c1)CCC2)C(=O)NCc1noc(C(N)=O)n1. The van der Waals surface area contributed by atoms with Gasteiger partial charge in [0, 0.05) is 0 Å². The van der Waals surface area contributed by atoms with Gasteiger partial charge in [0.15, 0.2) is 11.4 Å². The van der Waals surface area contributed by atoms with E-state index in [1.165, 1.54) is 11.1 Å². The number of fused-ring (bicyclic) bond motifs is 1. The topological polar surface area (TPSA) is 120 Å². The maximum atomic E-state index is 12.4. The largest absolute Gasteiger partial charge is 0.478 e. The van der Waals surface area contributed by atoms with Crippen molar-refractivity contribution in [1.29, 1.82) is 0 Å². The molecule has 132 valence electrons. The zero-order valence-corrected chi connectivity index (χ0v) is 14.2. The zero-order chi connectivity index (χ0) is 18.0. The van der Waals surface area contributed by atoms with Gasteiger partial charge in [-0.15, -0.1) is 0 Å². The Kier molecular flexibility index (Phi) is 4.43. The molecule has 3 rings (SSSR count). The van der Waals surface area contributed by atoms with E-state index in [2.05, 4.69) is 26.0 Å². The predicted molar refractivity (Wildman–Crippen MR) is 87.8 cm³/mol. The van der Waals surface area contributed by atoms with E-state index in [0.717, 1.165) is 19.3 Å². The number of aryl methyl sites for hydroxylation is 2. The first kappa shape index (κ1) is 16.9. The first-order valence-corrected chi connectivity index (χ1v) is 8.06. The van der Waals surface area contributed by atoms with Crippen LogP contribution < -0.4 is 15.8 Å². The molecule has 2 amide bonds. The Morgan fingerprint density at radius 1 is 1.32 bits per heavy atom. The molecule has 2 aromatic rings. The number of nitrogens with two attached hydrogens (primary N) is 1. The molecule has 0 saturated heterocycles. The predicted octanol–water partition coefficient (Wildman–Crippen LogP) is 1.13. The van der Waals surface area contributed by atoms with Crippen molar-refractivity contribution in [2.45, 2.75) is 45.3 Å². The van der Waals surface area contributed by atoms with Crippen molar-refractivity contribution in [1.82, 2.24) is 15.5 Å². The summed E-state index contributed by atoms with van der Waals surface area (Å²) in [7, 11) is 0. The molecule has 1 aromatic heterocycles. The highest BCUT2D eigenvalue weighted by Gasteiger charge is 2.30. The lowest BCUT2D eigenvalue weighted by atomic mass is 10.1. The Labute approximate surface area is 144 Å². The summed E-state index contributed by atoms with van der Waals surface area (Å²) in [6.07, 6.45) is 3.29. The summed E-state index contributed by atoms with van der Waals surface area (Å²) in [5.74, 6) is -0.617.